The van der Waals surface area contributed by atoms with E-state index in [-0.39, 0.29) is 17.2 Å². The molecular formula is C24H29N3O. The van der Waals surface area contributed by atoms with E-state index >= 15 is 0 Å². The summed E-state index contributed by atoms with van der Waals surface area (Å²) in [5, 5.41) is 16.3. The lowest BCUT2D eigenvalue weighted by atomic mass is 9.82. The lowest BCUT2D eigenvalue weighted by Gasteiger charge is -2.46. The van der Waals surface area contributed by atoms with E-state index in [2.05, 4.69) is 74.7 Å². The molecule has 0 saturated carbocycles. The molecule has 2 aromatic rings. The van der Waals surface area contributed by atoms with Gasteiger partial charge in [-0.3, -0.25) is 4.68 Å². The van der Waals surface area contributed by atoms with Crippen molar-refractivity contribution in [1.82, 2.24) is 14.7 Å². The van der Waals surface area contributed by atoms with Crippen LogP contribution in [0.25, 0.3) is 16.6 Å². The van der Waals surface area contributed by atoms with E-state index in [0.717, 1.165) is 41.9 Å². The second kappa shape index (κ2) is 6.40. The van der Waals surface area contributed by atoms with Crippen LogP contribution in [0.2, 0.25) is 0 Å². The molecule has 0 fully saturated rings. The Morgan fingerprint density at radius 1 is 1.32 bits per heavy atom. The smallest absolute Gasteiger partial charge is 0.117 e. The van der Waals surface area contributed by atoms with E-state index in [1.54, 1.807) is 0 Å². The SMILES string of the molecule is C=C(O)C1=CN2C(=CC1=C)c1c3cccc(CCC)c3nn1CC2C(C)(C)C. The van der Waals surface area contributed by atoms with E-state index in [1.165, 1.54) is 10.9 Å². The molecule has 28 heavy (non-hydrogen) atoms. The number of benzene rings is 1. The van der Waals surface area contributed by atoms with Gasteiger partial charge in [-0.05, 0) is 29.0 Å². The fourth-order valence-electron chi connectivity index (χ4n) is 4.34. The molecule has 0 aliphatic carbocycles. The molecule has 1 unspecified atom stereocenters. The standard InChI is InChI=1S/C24H29N3O/c1-7-9-17-10-8-11-18-22(17)25-27-14-21(24(4,5)6)26-13-19(16(3)28)15(2)12-20(26)23(18)27/h8,10-13,21,28H,2-3,7,9,14H2,1,4-6H3. The molecule has 1 atom stereocenters. The van der Waals surface area contributed by atoms with Crippen LogP contribution in [0.5, 0.6) is 0 Å². The van der Waals surface area contributed by atoms with Crippen LogP contribution in [0.1, 0.15) is 45.4 Å². The zero-order valence-corrected chi connectivity index (χ0v) is 17.3. The van der Waals surface area contributed by atoms with Crippen LogP contribution in [0, 0.1) is 5.41 Å². The van der Waals surface area contributed by atoms with Crippen LogP contribution in [-0.4, -0.2) is 25.8 Å². The summed E-state index contributed by atoms with van der Waals surface area (Å²) >= 11 is 0. The third kappa shape index (κ3) is 2.79. The topological polar surface area (TPSA) is 41.3 Å². The number of aliphatic hydroxyl groups excluding tert-OH is 1. The van der Waals surface area contributed by atoms with Crippen molar-refractivity contribution >= 4 is 16.6 Å². The fraction of sp³-hybridized carbons (Fsp3) is 0.375. The Morgan fingerprint density at radius 2 is 2.07 bits per heavy atom. The van der Waals surface area contributed by atoms with E-state index in [1.807, 2.05) is 6.20 Å². The van der Waals surface area contributed by atoms with Crippen LogP contribution in [0.3, 0.4) is 0 Å². The molecule has 2 aliphatic rings. The quantitative estimate of drug-likeness (QED) is 0.712. The number of rotatable bonds is 3. The molecule has 2 aliphatic heterocycles. The molecule has 0 spiro atoms. The maximum absolute atomic E-state index is 10.1. The number of aliphatic hydroxyl groups is 1. The van der Waals surface area contributed by atoms with Crippen molar-refractivity contribution < 1.29 is 5.11 Å². The number of hydrogen-bond acceptors (Lipinski definition) is 3. The first kappa shape index (κ1) is 18.6. The zero-order chi connectivity index (χ0) is 20.2. The molecular weight excluding hydrogens is 346 g/mol. The maximum Gasteiger partial charge on any atom is 0.117 e. The van der Waals surface area contributed by atoms with Crippen molar-refractivity contribution in [3.8, 4) is 0 Å². The fourth-order valence-corrected chi connectivity index (χ4v) is 4.34. The van der Waals surface area contributed by atoms with Gasteiger partial charge in [0.2, 0.25) is 0 Å². The van der Waals surface area contributed by atoms with Gasteiger partial charge in [0, 0.05) is 17.2 Å². The summed E-state index contributed by atoms with van der Waals surface area (Å²) in [6.07, 6.45) is 6.20. The summed E-state index contributed by atoms with van der Waals surface area (Å²) in [5.74, 6) is 0.0575. The molecule has 0 radical (unpaired) electrons. The number of hydrogen-bond donors (Lipinski definition) is 1. The van der Waals surface area contributed by atoms with Gasteiger partial charge in [-0.2, -0.15) is 5.10 Å². The predicted molar refractivity (Wildman–Crippen MR) is 116 cm³/mol. The molecule has 1 aromatic carbocycles. The third-order valence-electron chi connectivity index (χ3n) is 5.81. The van der Waals surface area contributed by atoms with Crippen molar-refractivity contribution in [3.63, 3.8) is 0 Å². The van der Waals surface area contributed by atoms with Crippen LogP contribution < -0.4 is 0 Å². The Balaban J connectivity index is 1.97. The molecule has 3 heterocycles. The molecule has 4 rings (SSSR count). The van der Waals surface area contributed by atoms with Gasteiger partial charge in [0.1, 0.15) is 5.76 Å². The Hall–Kier alpha value is -2.75. The van der Waals surface area contributed by atoms with Crippen molar-refractivity contribution in [2.24, 2.45) is 5.41 Å². The summed E-state index contributed by atoms with van der Waals surface area (Å²) in [7, 11) is 0. The summed E-state index contributed by atoms with van der Waals surface area (Å²) in [5.41, 5.74) is 6.13. The number of fused-ring (bicyclic) bond motifs is 5. The highest BCUT2D eigenvalue weighted by Gasteiger charge is 2.39. The molecule has 1 N–H and O–H groups in total. The van der Waals surface area contributed by atoms with Crippen molar-refractivity contribution in [2.45, 2.75) is 53.1 Å². The first-order chi connectivity index (χ1) is 13.2. The monoisotopic (exact) mass is 375 g/mol. The summed E-state index contributed by atoms with van der Waals surface area (Å²) in [4.78, 5) is 2.29. The molecule has 0 bridgehead atoms. The van der Waals surface area contributed by atoms with Crippen molar-refractivity contribution in [1.29, 1.82) is 0 Å². The molecule has 4 nitrogen and oxygen atoms in total. The molecule has 1 aromatic heterocycles. The Morgan fingerprint density at radius 3 is 2.71 bits per heavy atom. The number of allylic oxidation sites excluding steroid dienone is 2. The maximum atomic E-state index is 10.1. The highest BCUT2D eigenvalue weighted by molar-refractivity contribution is 5.94. The highest BCUT2D eigenvalue weighted by atomic mass is 16.3. The lowest BCUT2D eigenvalue weighted by Crippen LogP contribution is -2.47. The van der Waals surface area contributed by atoms with Gasteiger partial charge < -0.3 is 10.0 Å². The normalized spacial score (nSPS) is 19.2. The van der Waals surface area contributed by atoms with Gasteiger partial charge in [0.05, 0.1) is 29.5 Å². The molecule has 4 heteroatoms. The van der Waals surface area contributed by atoms with Gasteiger partial charge in [-0.15, -0.1) is 0 Å². The van der Waals surface area contributed by atoms with E-state index in [4.69, 9.17) is 5.10 Å². The van der Waals surface area contributed by atoms with Crippen molar-refractivity contribution in [3.05, 3.63) is 71.8 Å². The van der Waals surface area contributed by atoms with Crippen LogP contribution >= 0.6 is 0 Å². The largest absolute Gasteiger partial charge is 0.508 e. The van der Waals surface area contributed by atoms with Gasteiger partial charge in [0.15, 0.2) is 0 Å². The Labute approximate surface area is 167 Å². The van der Waals surface area contributed by atoms with Gasteiger partial charge >= 0.3 is 0 Å². The number of aromatic nitrogens is 2. The first-order valence-corrected chi connectivity index (χ1v) is 10.0. The van der Waals surface area contributed by atoms with Crippen LogP contribution in [0.4, 0.5) is 0 Å². The Bertz CT molecular complexity index is 1050. The van der Waals surface area contributed by atoms with E-state index in [9.17, 15) is 5.11 Å². The third-order valence-corrected chi connectivity index (χ3v) is 5.81. The average Bonchev–Trinajstić information content (AvgIpc) is 2.99. The second-order valence-electron chi connectivity index (χ2n) is 8.93. The van der Waals surface area contributed by atoms with Gasteiger partial charge in [-0.25, -0.2) is 0 Å². The zero-order valence-electron chi connectivity index (χ0n) is 17.3. The lowest BCUT2D eigenvalue weighted by molar-refractivity contribution is 0.156. The van der Waals surface area contributed by atoms with Crippen LogP contribution in [-0.2, 0) is 13.0 Å². The first-order valence-electron chi connectivity index (χ1n) is 10.0. The molecule has 0 saturated heterocycles. The highest BCUT2D eigenvalue weighted by Crippen LogP contribution is 2.43. The van der Waals surface area contributed by atoms with E-state index in [0.29, 0.717) is 5.57 Å². The molecule has 0 amide bonds. The van der Waals surface area contributed by atoms with Crippen LogP contribution in [0.15, 0.2) is 60.5 Å². The Kier molecular flexibility index (Phi) is 4.25. The summed E-state index contributed by atoms with van der Waals surface area (Å²) in [6.45, 7) is 17.6. The summed E-state index contributed by atoms with van der Waals surface area (Å²) in [6, 6.07) is 6.69. The second-order valence-corrected chi connectivity index (χ2v) is 8.93. The minimum absolute atomic E-state index is 0.0260. The number of nitrogens with zero attached hydrogens (tertiary/aromatic N) is 3. The number of aryl methyl sites for hydroxylation is 1. The summed E-state index contributed by atoms with van der Waals surface area (Å²) < 4.78 is 2.17. The van der Waals surface area contributed by atoms with Crippen molar-refractivity contribution in [2.75, 3.05) is 0 Å². The van der Waals surface area contributed by atoms with E-state index < -0.39 is 0 Å². The van der Waals surface area contributed by atoms with Gasteiger partial charge in [-0.1, -0.05) is 65.5 Å². The van der Waals surface area contributed by atoms with Gasteiger partial charge in [0.25, 0.3) is 0 Å². The minimum Gasteiger partial charge on any atom is -0.508 e. The average molecular weight is 376 g/mol. The molecule has 146 valence electrons. The minimum atomic E-state index is 0.0260. The predicted octanol–water partition coefficient (Wildman–Crippen LogP) is 5.59.